The first-order valence-electron chi connectivity index (χ1n) is 5.24. The third-order valence-corrected chi connectivity index (χ3v) is 3.64. The molecular formula is C11H16N2OS. The summed E-state index contributed by atoms with van der Waals surface area (Å²) >= 11 is 1.66. The molecule has 82 valence electrons. The minimum Gasteiger partial charge on any atom is -0.340 e. The number of hydrogen-bond donors (Lipinski definition) is 0. The van der Waals surface area contributed by atoms with Crippen molar-refractivity contribution in [2.75, 3.05) is 33.2 Å². The Hall–Kier alpha value is -0.870. The third kappa shape index (κ3) is 2.79. The van der Waals surface area contributed by atoms with Crippen LogP contribution in [-0.2, 0) is 11.2 Å². The highest BCUT2D eigenvalue weighted by atomic mass is 32.1. The fraction of sp³-hybridized carbons (Fsp3) is 0.545. The fourth-order valence-electron chi connectivity index (χ4n) is 1.73. The monoisotopic (exact) mass is 224 g/mol. The van der Waals surface area contributed by atoms with Crippen LogP contribution in [0, 0.1) is 0 Å². The molecule has 0 unspecified atom stereocenters. The highest BCUT2D eigenvalue weighted by Crippen LogP contribution is 2.11. The van der Waals surface area contributed by atoms with E-state index in [1.807, 2.05) is 22.4 Å². The van der Waals surface area contributed by atoms with Crippen LogP contribution in [0.4, 0.5) is 0 Å². The quantitative estimate of drug-likeness (QED) is 0.750. The molecule has 1 saturated heterocycles. The van der Waals surface area contributed by atoms with Crippen LogP contribution in [0.5, 0.6) is 0 Å². The van der Waals surface area contributed by atoms with Gasteiger partial charge >= 0.3 is 0 Å². The number of nitrogens with zero attached hydrogens (tertiary/aromatic N) is 2. The van der Waals surface area contributed by atoms with Gasteiger partial charge in [0.05, 0.1) is 6.42 Å². The largest absolute Gasteiger partial charge is 0.340 e. The number of hydrogen-bond acceptors (Lipinski definition) is 3. The highest BCUT2D eigenvalue weighted by molar-refractivity contribution is 7.10. The van der Waals surface area contributed by atoms with Gasteiger partial charge in [-0.1, -0.05) is 6.07 Å². The van der Waals surface area contributed by atoms with E-state index < -0.39 is 0 Å². The van der Waals surface area contributed by atoms with Crippen molar-refractivity contribution in [3.63, 3.8) is 0 Å². The standard InChI is InChI=1S/C11H16N2OS/c1-12-4-6-13(7-5-12)11(14)9-10-3-2-8-15-10/h2-3,8H,4-7,9H2,1H3. The summed E-state index contributed by atoms with van der Waals surface area (Å²) in [5.41, 5.74) is 0. The Morgan fingerprint density at radius 1 is 1.40 bits per heavy atom. The molecule has 2 heterocycles. The number of amides is 1. The summed E-state index contributed by atoms with van der Waals surface area (Å²) in [6.07, 6.45) is 0.571. The SMILES string of the molecule is CN1CCN(C(=O)Cc2cccs2)CC1. The van der Waals surface area contributed by atoms with Crippen LogP contribution in [0.2, 0.25) is 0 Å². The maximum absolute atomic E-state index is 11.9. The molecule has 1 fully saturated rings. The maximum Gasteiger partial charge on any atom is 0.227 e. The molecule has 0 saturated carbocycles. The van der Waals surface area contributed by atoms with Crippen LogP contribution < -0.4 is 0 Å². The molecule has 4 heteroatoms. The van der Waals surface area contributed by atoms with Gasteiger partial charge in [0.15, 0.2) is 0 Å². The predicted octanol–water partition coefficient (Wildman–Crippen LogP) is 1.06. The van der Waals surface area contributed by atoms with Gasteiger partial charge in [-0.15, -0.1) is 11.3 Å². The van der Waals surface area contributed by atoms with Gasteiger partial charge in [-0.3, -0.25) is 4.79 Å². The molecule has 0 atom stereocenters. The van der Waals surface area contributed by atoms with Crippen LogP contribution >= 0.6 is 11.3 Å². The van der Waals surface area contributed by atoms with Crippen LogP contribution in [-0.4, -0.2) is 48.9 Å². The minimum atomic E-state index is 0.269. The number of rotatable bonds is 2. The normalized spacial score (nSPS) is 18.1. The predicted molar refractivity (Wildman–Crippen MR) is 62.1 cm³/mol. The average molecular weight is 224 g/mol. The van der Waals surface area contributed by atoms with E-state index in [1.54, 1.807) is 11.3 Å². The van der Waals surface area contributed by atoms with E-state index in [2.05, 4.69) is 11.9 Å². The van der Waals surface area contributed by atoms with E-state index in [0.29, 0.717) is 6.42 Å². The number of thiophene rings is 1. The van der Waals surface area contributed by atoms with E-state index >= 15 is 0 Å². The Labute approximate surface area is 94.3 Å². The van der Waals surface area contributed by atoms with Crippen LogP contribution in [0.15, 0.2) is 17.5 Å². The van der Waals surface area contributed by atoms with Crippen molar-refractivity contribution in [1.29, 1.82) is 0 Å². The lowest BCUT2D eigenvalue weighted by molar-refractivity contribution is -0.131. The van der Waals surface area contributed by atoms with Gasteiger partial charge in [0.1, 0.15) is 0 Å². The Bertz CT molecular complexity index is 315. The van der Waals surface area contributed by atoms with Crippen molar-refractivity contribution < 1.29 is 4.79 Å². The minimum absolute atomic E-state index is 0.269. The van der Waals surface area contributed by atoms with Crippen molar-refractivity contribution >= 4 is 17.2 Å². The van der Waals surface area contributed by atoms with Crippen molar-refractivity contribution in [2.24, 2.45) is 0 Å². The number of piperazine rings is 1. The first kappa shape index (κ1) is 10.6. The summed E-state index contributed by atoms with van der Waals surface area (Å²) in [7, 11) is 2.10. The molecule has 1 aliphatic heterocycles. The van der Waals surface area contributed by atoms with E-state index in [4.69, 9.17) is 0 Å². The summed E-state index contributed by atoms with van der Waals surface area (Å²) in [5.74, 6) is 0.269. The molecule has 1 aromatic rings. The Morgan fingerprint density at radius 2 is 2.13 bits per heavy atom. The molecule has 1 aromatic heterocycles. The Balaban J connectivity index is 1.86. The van der Waals surface area contributed by atoms with Gasteiger partial charge in [-0.2, -0.15) is 0 Å². The second kappa shape index (κ2) is 4.77. The smallest absolute Gasteiger partial charge is 0.227 e. The first-order valence-corrected chi connectivity index (χ1v) is 6.12. The summed E-state index contributed by atoms with van der Waals surface area (Å²) in [4.78, 5) is 17.3. The lowest BCUT2D eigenvalue weighted by Gasteiger charge is -2.32. The fourth-order valence-corrected chi connectivity index (χ4v) is 2.43. The zero-order valence-electron chi connectivity index (χ0n) is 8.98. The number of carbonyl (C=O) groups excluding carboxylic acids is 1. The lowest BCUT2D eigenvalue weighted by atomic mass is 10.2. The van der Waals surface area contributed by atoms with Gasteiger partial charge < -0.3 is 9.80 Å². The van der Waals surface area contributed by atoms with E-state index in [0.717, 1.165) is 26.2 Å². The number of carbonyl (C=O) groups is 1. The van der Waals surface area contributed by atoms with Crippen molar-refractivity contribution in [1.82, 2.24) is 9.80 Å². The molecule has 3 nitrogen and oxygen atoms in total. The van der Waals surface area contributed by atoms with Gasteiger partial charge in [0.2, 0.25) is 5.91 Å². The van der Waals surface area contributed by atoms with Gasteiger partial charge in [-0.05, 0) is 18.5 Å². The molecule has 0 aliphatic carbocycles. The third-order valence-electron chi connectivity index (χ3n) is 2.76. The summed E-state index contributed by atoms with van der Waals surface area (Å²) in [6.45, 7) is 3.74. The van der Waals surface area contributed by atoms with Crippen molar-refractivity contribution in [2.45, 2.75) is 6.42 Å². The molecule has 0 bridgehead atoms. The second-order valence-corrected chi connectivity index (χ2v) is 4.97. The van der Waals surface area contributed by atoms with E-state index in [1.165, 1.54) is 4.88 Å². The zero-order chi connectivity index (χ0) is 10.7. The van der Waals surface area contributed by atoms with Crippen LogP contribution in [0.3, 0.4) is 0 Å². The molecule has 2 rings (SSSR count). The maximum atomic E-state index is 11.9. The molecule has 0 aromatic carbocycles. The summed E-state index contributed by atoms with van der Waals surface area (Å²) in [6, 6.07) is 4.02. The van der Waals surface area contributed by atoms with Crippen LogP contribution in [0.25, 0.3) is 0 Å². The van der Waals surface area contributed by atoms with Gasteiger partial charge in [0.25, 0.3) is 0 Å². The molecule has 0 spiro atoms. The van der Waals surface area contributed by atoms with Crippen molar-refractivity contribution in [3.8, 4) is 0 Å². The van der Waals surface area contributed by atoms with Crippen LogP contribution in [0.1, 0.15) is 4.88 Å². The summed E-state index contributed by atoms with van der Waals surface area (Å²) < 4.78 is 0. The molecule has 0 radical (unpaired) electrons. The van der Waals surface area contributed by atoms with E-state index in [-0.39, 0.29) is 5.91 Å². The van der Waals surface area contributed by atoms with Gasteiger partial charge in [-0.25, -0.2) is 0 Å². The average Bonchev–Trinajstić information content (AvgIpc) is 2.71. The van der Waals surface area contributed by atoms with Gasteiger partial charge in [0, 0.05) is 31.1 Å². The van der Waals surface area contributed by atoms with Crippen molar-refractivity contribution in [3.05, 3.63) is 22.4 Å². The molecule has 1 amide bonds. The summed E-state index contributed by atoms with van der Waals surface area (Å²) in [5, 5.41) is 2.02. The Morgan fingerprint density at radius 3 is 2.73 bits per heavy atom. The highest BCUT2D eigenvalue weighted by Gasteiger charge is 2.18. The molecule has 0 N–H and O–H groups in total. The second-order valence-electron chi connectivity index (χ2n) is 3.94. The first-order chi connectivity index (χ1) is 7.25. The molecule has 15 heavy (non-hydrogen) atoms. The molecule has 1 aliphatic rings. The topological polar surface area (TPSA) is 23.6 Å². The van der Waals surface area contributed by atoms with E-state index in [9.17, 15) is 4.79 Å². The zero-order valence-corrected chi connectivity index (χ0v) is 9.80. The molecular weight excluding hydrogens is 208 g/mol. The Kier molecular flexibility index (Phi) is 3.38. The number of likely N-dealkylation sites (N-methyl/N-ethyl adjacent to an activating group) is 1. The lowest BCUT2D eigenvalue weighted by Crippen LogP contribution is -2.47.